The van der Waals surface area contributed by atoms with Crippen LogP contribution in [0.4, 0.5) is 0 Å². The summed E-state index contributed by atoms with van der Waals surface area (Å²) >= 11 is 0. The van der Waals surface area contributed by atoms with Gasteiger partial charge in [0.2, 0.25) is 5.91 Å². The summed E-state index contributed by atoms with van der Waals surface area (Å²) in [7, 11) is 1.78. The number of likely N-dealkylation sites (N-methyl/N-ethyl adjacent to an activating group) is 1. The van der Waals surface area contributed by atoms with Crippen LogP contribution >= 0.6 is 0 Å². The molecule has 0 spiro atoms. The molecule has 4 rings (SSSR count). The first-order valence-corrected chi connectivity index (χ1v) is 8.78. The molecule has 0 atom stereocenters. The topological polar surface area (TPSA) is 71.1 Å². The van der Waals surface area contributed by atoms with E-state index in [1.807, 2.05) is 54.6 Å². The molecule has 0 bridgehead atoms. The van der Waals surface area contributed by atoms with Crippen LogP contribution in [-0.4, -0.2) is 39.4 Å². The molecule has 6 nitrogen and oxygen atoms in total. The van der Waals surface area contributed by atoms with Crippen LogP contribution in [0, 0.1) is 0 Å². The number of benzene rings is 2. The van der Waals surface area contributed by atoms with Crippen LogP contribution in [-0.2, 0) is 22.7 Å². The van der Waals surface area contributed by atoms with Crippen molar-refractivity contribution in [3.05, 3.63) is 72.2 Å². The van der Waals surface area contributed by atoms with Gasteiger partial charge in [-0.1, -0.05) is 30.3 Å². The lowest BCUT2D eigenvalue weighted by Crippen LogP contribution is -2.30. The number of carbonyl (C=O) groups is 1. The summed E-state index contributed by atoms with van der Waals surface area (Å²) in [5.41, 5.74) is 3.85. The largest absolute Gasteiger partial charge is 0.364 e. The van der Waals surface area contributed by atoms with Gasteiger partial charge in [-0.2, -0.15) is 0 Å². The van der Waals surface area contributed by atoms with Gasteiger partial charge in [0.1, 0.15) is 19.0 Å². The van der Waals surface area contributed by atoms with Crippen molar-refractivity contribution in [2.45, 2.75) is 13.2 Å². The van der Waals surface area contributed by atoms with Gasteiger partial charge in [-0.05, 0) is 29.8 Å². The predicted octanol–water partition coefficient (Wildman–Crippen LogP) is 3.29. The Hall–Kier alpha value is -3.25. The van der Waals surface area contributed by atoms with Gasteiger partial charge in [0.25, 0.3) is 0 Å². The molecule has 2 aromatic heterocycles. The maximum Gasteiger partial charge on any atom is 0.248 e. The van der Waals surface area contributed by atoms with Crippen LogP contribution in [0.25, 0.3) is 21.9 Å². The summed E-state index contributed by atoms with van der Waals surface area (Å²) in [6.45, 7) is 0.791. The molecule has 1 amide bonds. The number of hydrogen-bond donors (Lipinski definition) is 1. The number of H-pyrrole nitrogens is 1. The highest BCUT2D eigenvalue weighted by Gasteiger charge is 2.12. The first kappa shape index (κ1) is 17.2. The number of rotatable bonds is 6. The van der Waals surface area contributed by atoms with E-state index >= 15 is 0 Å². The van der Waals surface area contributed by atoms with E-state index in [1.165, 1.54) is 0 Å². The first-order valence-electron chi connectivity index (χ1n) is 8.78. The zero-order valence-electron chi connectivity index (χ0n) is 15.1. The van der Waals surface area contributed by atoms with Crippen molar-refractivity contribution in [2.75, 3.05) is 13.7 Å². The average molecular weight is 360 g/mol. The molecular formula is C21H20N4O2. The second-order valence-electron chi connectivity index (χ2n) is 6.43. The highest BCUT2D eigenvalue weighted by atomic mass is 16.5. The van der Waals surface area contributed by atoms with Gasteiger partial charge < -0.3 is 14.6 Å². The van der Waals surface area contributed by atoms with Crippen LogP contribution in [0.5, 0.6) is 0 Å². The summed E-state index contributed by atoms with van der Waals surface area (Å²) in [6.07, 6.45) is 1.77. The van der Waals surface area contributed by atoms with E-state index in [0.29, 0.717) is 12.4 Å². The van der Waals surface area contributed by atoms with E-state index in [9.17, 15) is 4.79 Å². The molecule has 1 N–H and O–H groups in total. The van der Waals surface area contributed by atoms with Crippen molar-refractivity contribution < 1.29 is 9.53 Å². The van der Waals surface area contributed by atoms with Gasteiger partial charge >= 0.3 is 0 Å². The molecular weight excluding hydrogens is 340 g/mol. The fourth-order valence-corrected chi connectivity index (χ4v) is 3.07. The standard InChI is InChI=1S/C21H20N4O2/c1-25(12-15-6-4-10-17-16(15)7-5-11-22-17)21(26)14-27-13-20-23-18-8-2-3-9-19(18)24-20/h2-11H,12-14H2,1H3,(H,23,24). The molecule has 2 aromatic carbocycles. The van der Waals surface area contributed by atoms with Crippen molar-refractivity contribution >= 4 is 27.8 Å². The number of pyridine rings is 1. The van der Waals surface area contributed by atoms with Gasteiger partial charge in [-0.15, -0.1) is 0 Å². The number of nitrogens with zero attached hydrogens (tertiary/aromatic N) is 3. The molecule has 136 valence electrons. The van der Waals surface area contributed by atoms with Crippen LogP contribution in [0.1, 0.15) is 11.4 Å². The number of carbonyl (C=O) groups excluding carboxylic acids is 1. The zero-order chi connectivity index (χ0) is 18.6. The van der Waals surface area contributed by atoms with E-state index in [1.54, 1.807) is 18.1 Å². The number of fused-ring (bicyclic) bond motifs is 2. The number of amides is 1. The van der Waals surface area contributed by atoms with Gasteiger partial charge in [0.05, 0.1) is 16.6 Å². The molecule has 0 saturated carbocycles. The molecule has 0 aliphatic carbocycles. The van der Waals surface area contributed by atoms with E-state index < -0.39 is 0 Å². The second-order valence-corrected chi connectivity index (χ2v) is 6.43. The smallest absolute Gasteiger partial charge is 0.248 e. The molecule has 0 radical (unpaired) electrons. The van der Waals surface area contributed by atoms with Crippen LogP contribution in [0.15, 0.2) is 60.8 Å². The number of aromatic amines is 1. The third kappa shape index (κ3) is 3.80. The van der Waals surface area contributed by atoms with Crippen LogP contribution < -0.4 is 0 Å². The molecule has 0 aliphatic heterocycles. The Kier molecular flexibility index (Phi) is 4.80. The molecule has 0 unspecified atom stereocenters. The van der Waals surface area contributed by atoms with Crippen LogP contribution in [0.3, 0.4) is 0 Å². The van der Waals surface area contributed by atoms with Crippen molar-refractivity contribution in [3.8, 4) is 0 Å². The molecule has 4 aromatic rings. The fourth-order valence-electron chi connectivity index (χ4n) is 3.07. The summed E-state index contributed by atoms with van der Waals surface area (Å²) in [6, 6.07) is 17.7. The highest BCUT2D eigenvalue weighted by molar-refractivity contribution is 5.83. The Balaban J connectivity index is 1.35. The molecule has 0 aliphatic rings. The third-order valence-corrected chi connectivity index (χ3v) is 4.47. The molecule has 0 saturated heterocycles. The molecule has 6 heteroatoms. The third-order valence-electron chi connectivity index (χ3n) is 4.47. The van der Waals surface area contributed by atoms with E-state index in [-0.39, 0.29) is 19.1 Å². The quantitative estimate of drug-likeness (QED) is 0.573. The van der Waals surface area contributed by atoms with Gasteiger partial charge in [0, 0.05) is 25.2 Å². The fraction of sp³-hybridized carbons (Fsp3) is 0.190. The van der Waals surface area contributed by atoms with Crippen LogP contribution in [0.2, 0.25) is 0 Å². The Morgan fingerprint density at radius 2 is 1.93 bits per heavy atom. The van der Waals surface area contributed by atoms with E-state index in [0.717, 1.165) is 27.5 Å². The number of hydrogen-bond acceptors (Lipinski definition) is 4. The summed E-state index contributed by atoms with van der Waals surface area (Å²) < 4.78 is 5.56. The Morgan fingerprint density at radius 3 is 2.81 bits per heavy atom. The Bertz CT molecular complexity index is 1050. The molecule has 0 fully saturated rings. The zero-order valence-corrected chi connectivity index (χ0v) is 15.1. The molecule has 27 heavy (non-hydrogen) atoms. The summed E-state index contributed by atoms with van der Waals surface area (Å²) in [5.74, 6) is 0.638. The van der Waals surface area contributed by atoms with E-state index in [2.05, 4.69) is 15.0 Å². The normalized spacial score (nSPS) is 11.1. The molecule has 2 heterocycles. The predicted molar refractivity (Wildman–Crippen MR) is 104 cm³/mol. The lowest BCUT2D eigenvalue weighted by atomic mass is 10.1. The average Bonchev–Trinajstić information content (AvgIpc) is 3.11. The monoisotopic (exact) mass is 360 g/mol. The first-order chi connectivity index (χ1) is 13.2. The van der Waals surface area contributed by atoms with Gasteiger partial charge in [-0.3, -0.25) is 9.78 Å². The maximum absolute atomic E-state index is 12.4. The Morgan fingerprint density at radius 1 is 1.07 bits per heavy atom. The lowest BCUT2D eigenvalue weighted by molar-refractivity contribution is -0.135. The SMILES string of the molecule is CN(Cc1cccc2ncccc12)C(=O)COCc1nc2ccccc2[nH]1. The highest BCUT2D eigenvalue weighted by Crippen LogP contribution is 2.18. The number of imidazole rings is 1. The number of ether oxygens (including phenoxy) is 1. The summed E-state index contributed by atoms with van der Waals surface area (Å²) in [5, 5.41) is 1.06. The minimum atomic E-state index is -0.0768. The second kappa shape index (κ2) is 7.55. The minimum absolute atomic E-state index is 0.0105. The van der Waals surface area contributed by atoms with Gasteiger partial charge in [-0.25, -0.2) is 4.98 Å². The lowest BCUT2D eigenvalue weighted by Gasteiger charge is -2.18. The van der Waals surface area contributed by atoms with Crippen molar-refractivity contribution in [2.24, 2.45) is 0 Å². The van der Waals surface area contributed by atoms with Gasteiger partial charge in [0.15, 0.2) is 0 Å². The van der Waals surface area contributed by atoms with Crippen molar-refractivity contribution in [1.29, 1.82) is 0 Å². The summed E-state index contributed by atoms with van der Waals surface area (Å²) in [4.78, 5) is 26.1. The maximum atomic E-state index is 12.4. The minimum Gasteiger partial charge on any atom is -0.364 e. The van der Waals surface area contributed by atoms with Crippen molar-refractivity contribution in [1.82, 2.24) is 19.9 Å². The Labute approximate surface area is 156 Å². The number of aromatic nitrogens is 3. The number of para-hydroxylation sites is 2. The number of nitrogens with one attached hydrogen (secondary N) is 1. The van der Waals surface area contributed by atoms with E-state index in [4.69, 9.17) is 4.74 Å². The van der Waals surface area contributed by atoms with Crippen molar-refractivity contribution in [3.63, 3.8) is 0 Å².